The third-order valence-corrected chi connectivity index (χ3v) is 2.99. The van der Waals surface area contributed by atoms with Gasteiger partial charge in [0.25, 0.3) is 0 Å². The number of hydrogen-bond acceptors (Lipinski definition) is 2. The molecule has 0 aromatic carbocycles. The molecule has 0 radical (unpaired) electrons. The molecule has 0 spiro atoms. The summed E-state index contributed by atoms with van der Waals surface area (Å²) in [6.07, 6.45) is 4.34. The molecule has 0 aromatic rings. The van der Waals surface area contributed by atoms with Gasteiger partial charge in [0.1, 0.15) is 0 Å². The van der Waals surface area contributed by atoms with E-state index in [-0.39, 0.29) is 6.03 Å². The van der Waals surface area contributed by atoms with E-state index in [0.717, 1.165) is 25.8 Å². The number of nitrogens with two attached hydrogens (primary N) is 2. The van der Waals surface area contributed by atoms with Crippen molar-refractivity contribution in [3.8, 4) is 0 Å². The van der Waals surface area contributed by atoms with Crippen molar-refractivity contribution in [2.75, 3.05) is 13.1 Å². The molecule has 4 heteroatoms. The maximum atomic E-state index is 11.2. The summed E-state index contributed by atoms with van der Waals surface area (Å²) < 4.78 is 0. The van der Waals surface area contributed by atoms with E-state index in [1.165, 1.54) is 6.42 Å². The van der Waals surface area contributed by atoms with Crippen LogP contribution < -0.4 is 11.5 Å². The number of carbonyl (C=O) groups is 1. The van der Waals surface area contributed by atoms with Gasteiger partial charge in [0.15, 0.2) is 0 Å². The second-order valence-corrected chi connectivity index (χ2v) is 4.26. The summed E-state index contributed by atoms with van der Waals surface area (Å²) in [4.78, 5) is 13.0. The standard InChI is InChI=1S/C10H21N3O/c1-8(7-11)6-9-4-2-3-5-13(9)10(12)14/h8-9H,2-7,11H2,1H3,(H2,12,14). The average molecular weight is 199 g/mol. The molecule has 0 aliphatic carbocycles. The van der Waals surface area contributed by atoms with Gasteiger partial charge in [-0.25, -0.2) is 4.79 Å². The van der Waals surface area contributed by atoms with Crippen LogP contribution in [0.5, 0.6) is 0 Å². The van der Waals surface area contributed by atoms with Gasteiger partial charge < -0.3 is 16.4 Å². The molecule has 1 saturated heterocycles. The Bertz CT molecular complexity index is 196. The van der Waals surface area contributed by atoms with E-state index < -0.39 is 0 Å². The van der Waals surface area contributed by atoms with Crippen LogP contribution in [0.15, 0.2) is 0 Å². The summed E-state index contributed by atoms with van der Waals surface area (Å²) >= 11 is 0. The molecule has 4 nitrogen and oxygen atoms in total. The van der Waals surface area contributed by atoms with Crippen LogP contribution >= 0.6 is 0 Å². The molecule has 1 fully saturated rings. The molecule has 4 N–H and O–H groups in total. The Morgan fingerprint density at radius 1 is 1.57 bits per heavy atom. The Labute approximate surface area is 85.6 Å². The number of amides is 2. The normalized spacial score (nSPS) is 24.7. The van der Waals surface area contributed by atoms with Gasteiger partial charge >= 0.3 is 6.03 Å². The molecule has 0 bridgehead atoms. The fourth-order valence-electron chi connectivity index (χ4n) is 2.10. The third kappa shape index (κ3) is 2.87. The zero-order chi connectivity index (χ0) is 10.6. The van der Waals surface area contributed by atoms with Crippen LogP contribution in [0.3, 0.4) is 0 Å². The van der Waals surface area contributed by atoms with Crippen molar-refractivity contribution < 1.29 is 4.79 Å². The molecule has 82 valence electrons. The first kappa shape index (κ1) is 11.3. The quantitative estimate of drug-likeness (QED) is 0.709. The van der Waals surface area contributed by atoms with E-state index in [0.29, 0.717) is 18.5 Å². The van der Waals surface area contributed by atoms with Crippen LogP contribution in [0.2, 0.25) is 0 Å². The van der Waals surface area contributed by atoms with Crippen molar-refractivity contribution in [1.82, 2.24) is 4.90 Å². The van der Waals surface area contributed by atoms with Gasteiger partial charge in [-0.2, -0.15) is 0 Å². The summed E-state index contributed by atoms with van der Waals surface area (Å²) in [5, 5.41) is 0. The Morgan fingerprint density at radius 3 is 2.86 bits per heavy atom. The second-order valence-electron chi connectivity index (χ2n) is 4.26. The fraction of sp³-hybridized carbons (Fsp3) is 0.900. The third-order valence-electron chi connectivity index (χ3n) is 2.99. The predicted octanol–water partition coefficient (Wildman–Crippen LogP) is 0.904. The number of nitrogens with zero attached hydrogens (tertiary/aromatic N) is 1. The van der Waals surface area contributed by atoms with Crippen molar-refractivity contribution >= 4 is 6.03 Å². The van der Waals surface area contributed by atoms with Crippen LogP contribution in [0.25, 0.3) is 0 Å². The van der Waals surface area contributed by atoms with E-state index in [1.54, 1.807) is 4.90 Å². The van der Waals surface area contributed by atoms with Crippen molar-refractivity contribution in [2.24, 2.45) is 17.4 Å². The van der Waals surface area contributed by atoms with Crippen LogP contribution in [0.4, 0.5) is 4.79 Å². The van der Waals surface area contributed by atoms with Gasteiger partial charge in [-0.05, 0) is 38.1 Å². The minimum atomic E-state index is -0.279. The molecular weight excluding hydrogens is 178 g/mol. The zero-order valence-corrected chi connectivity index (χ0v) is 8.91. The Kier molecular flexibility index (Phi) is 4.20. The highest BCUT2D eigenvalue weighted by Crippen LogP contribution is 2.22. The van der Waals surface area contributed by atoms with Gasteiger partial charge in [0, 0.05) is 12.6 Å². The van der Waals surface area contributed by atoms with Crippen LogP contribution in [0, 0.1) is 5.92 Å². The lowest BCUT2D eigenvalue weighted by Crippen LogP contribution is -2.47. The number of urea groups is 1. The van der Waals surface area contributed by atoms with Gasteiger partial charge in [-0.3, -0.25) is 0 Å². The SMILES string of the molecule is CC(CN)CC1CCCCN1C(N)=O. The number of carbonyl (C=O) groups excluding carboxylic acids is 1. The molecule has 1 heterocycles. The highest BCUT2D eigenvalue weighted by Gasteiger charge is 2.25. The molecular formula is C10H21N3O. The van der Waals surface area contributed by atoms with Crippen LogP contribution in [0.1, 0.15) is 32.6 Å². The zero-order valence-electron chi connectivity index (χ0n) is 8.91. The van der Waals surface area contributed by atoms with Crippen LogP contribution in [-0.4, -0.2) is 30.1 Å². The summed E-state index contributed by atoms with van der Waals surface area (Å²) in [5.74, 6) is 0.472. The predicted molar refractivity (Wildman–Crippen MR) is 56.8 cm³/mol. The number of piperidine rings is 1. The Morgan fingerprint density at radius 2 is 2.29 bits per heavy atom. The molecule has 14 heavy (non-hydrogen) atoms. The van der Waals surface area contributed by atoms with Crippen molar-refractivity contribution in [3.63, 3.8) is 0 Å². The van der Waals surface area contributed by atoms with Crippen molar-refractivity contribution in [2.45, 2.75) is 38.6 Å². The molecule has 0 aromatic heterocycles. The second kappa shape index (κ2) is 5.20. The van der Waals surface area contributed by atoms with E-state index >= 15 is 0 Å². The lowest BCUT2D eigenvalue weighted by atomic mass is 9.93. The number of rotatable bonds is 3. The first-order valence-corrected chi connectivity index (χ1v) is 5.41. The Hall–Kier alpha value is -0.770. The summed E-state index contributed by atoms with van der Waals surface area (Å²) in [6.45, 7) is 3.62. The largest absolute Gasteiger partial charge is 0.351 e. The first-order chi connectivity index (χ1) is 6.65. The molecule has 1 aliphatic heterocycles. The number of hydrogen-bond donors (Lipinski definition) is 2. The fourth-order valence-corrected chi connectivity index (χ4v) is 2.10. The van der Waals surface area contributed by atoms with Crippen molar-refractivity contribution in [3.05, 3.63) is 0 Å². The highest BCUT2D eigenvalue weighted by atomic mass is 16.2. The summed E-state index contributed by atoms with van der Waals surface area (Å²) in [5.41, 5.74) is 10.9. The monoisotopic (exact) mass is 199 g/mol. The Balaban J connectivity index is 2.49. The molecule has 2 unspecified atom stereocenters. The van der Waals surface area contributed by atoms with Gasteiger partial charge in [0.2, 0.25) is 0 Å². The minimum absolute atomic E-state index is 0.279. The highest BCUT2D eigenvalue weighted by molar-refractivity contribution is 5.72. The minimum Gasteiger partial charge on any atom is -0.351 e. The number of primary amides is 1. The summed E-state index contributed by atoms with van der Waals surface area (Å²) in [7, 11) is 0. The van der Waals surface area contributed by atoms with Gasteiger partial charge in [-0.15, -0.1) is 0 Å². The van der Waals surface area contributed by atoms with Gasteiger partial charge in [0.05, 0.1) is 0 Å². The van der Waals surface area contributed by atoms with E-state index in [2.05, 4.69) is 6.92 Å². The molecule has 0 saturated carbocycles. The van der Waals surface area contributed by atoms with Crippen LogP contribution in [-0.2, 0) is 0 Å². The van der Waals surface area contributed by atoms with E-state index in [4.69, 9.17) is 11.5 Å². The van der Waals surface area contributed by atoms with E-state index in [9.17, 15) is 4.79 Å². The summed E-state index contributed by atoms with van der Waals surface area (Å²) in [6, 6.07) is 0.0405. The smallest absolute Gasteiger partial charge is 0.315 e. The lowest BCUT2D eigenvalue weighted by molar-refractivity contribution is 0.146. The number of likely N-dealkylation sites (tertiary alicyclic amines) is 1. The van der Waals surface area contributed by atoms with Crippen molar-refractivity contribution in [1.29, 1.82) is 0 Å². The molecule has 1 aliphatic rings. The average Bonchev–Trinajstić information content (AvgIpc) is 2.18. The lowest BCUT2D eigenvalue weighted by Gasteiger charge is -2.35. The molecule has 2 atom stereocenters. The van der Waals surface area contributed by atoms with Gasteiger partial charge in [-0.1, -0.05) is 6.92 Å². The molecule has 1 rings (SSSR count). The maximum Gasteiger partial charge on any atom is 0.315 e. The topological polar surface area (TPSA) is 72.3 Å². The van der Waals surface area contributed by atoms with E-state index in [1.807, 2.05) is 0 Å². The maximum absolute atomic E-state index is 11.2. The first-order valence-electron chi connectivity index (χ1n) is 5.41. The molecule has 2 amide bonds.